The molecule has 0 bridgehead atoms. The van der Waals surface area contributed by atoms with Crippen LogP contribution in [-0.4, -0.2) is 29.0 Å². The average Bonchev–Trinajstić information content (AvgIpc) is 2.57. The van der Waals surface area contributed by atoms with Crippen LogP contribution in [0.2, 0.25) is 0 Å². The van der Waals surface area contributed by atoms with E-state index in [1.807, 2.05) is 24.9 Å². The van der Waals surface area contributed by atoms with Gasteiger partial charge in [-0.3, -0.25) is 9.48 Å². The lowest BCUT2D eigenvalue weighted by atomic mass is 9.82. The van der Waals surface area contributed by atoms with Gasteiger partial charge in [0.15, 0.2) is 0 Å². The van der Waals surface area contributed by atoms with Gasteiger partial charge in [0.05, 0.1) is 37.6 Å². The number of nitrogens with zero attached hydrogens (tertiary/aromatic N) is 2. The predicted molar refractivity (Wildman–Crippen MR) is 61.3 cm³/mol. The summed E-state index contributed by atoms with van der Waals surface area (Å²) < 4.78 is 12.2. The lowest BCUT2D eigenvalue weighted by molar-refractivity contribution is -0.155. The summed E-state index contributed by atoms with van der Waals surface area (Å²) in [6.45, 7) is 2.57. The molecule has 5 heteroatoms. The van der Waals surface area contributed by atoms with Crippen molar-refractivity contribution in [3.63, 3.8) is 0 Å². The molecule has 0 saturated heterocycles. The van der Waals surface area contributed by atoms with Gasteiger partial charge in [-0.25, -0.2) is 0 Å². The van der Waals surface area contributed by atoms with Crippen molar-refractivity contribution in [1.29, 1.82) is 0 Å². The molecule has 94 valence electrons. The molecule has 1 aliphatic carbocycles. The van der Waals surface area contributed by atoms with Crippen LogP contribution in [0, 0.1) is 12.8 Å². The van der Waals surface area contributed by atoms with Gasteiger partial charge in [-0.1, -0.05) is 0 Å². The zero-order valence-corrected chi connectivity index (χ0v) is 10.5. The van der Waals surface area contributed by atoms with Crippen molar-refractivity contribution >= 4 is 5.97 Å². The molecule has 1 fully saturated rings. The summed E-state index contributed by atoms with van der Waals surface area (Å²) >= 11 is 0. The fraction of sp³-hybridized carbons (Fsp3) is 0.667. The van der Waals surface area contributed by atoms with Crippen molar-refractivity contribution in [2.75, 3.05) is 7.11 Å². The highest BCUT2D eigenvalue weighted by Gasteiger charge is 2.36. The third-order valence-electron chi connectivity index (χ3n) is 3.36. The van der Waals surface area contributed by atoms with Crippen LogP contribution in [0.3, 0.4) is 0 Å². The van der Waals surface area contributed by atoms with E-state index in [9.17, 15) is 4.79 Å². The van der Waals surface area contributed by atoms with Crippen LogP contribution in [-0.2, 0) is 27.9 Å². The summed E-state index contributed by atoms with van der Waals surface area (Å²) in [4.78, 5) is 11.2. The Labute approximate surface area is 101 Å². The summed E-state index contributed by atoms with van der Waals surface area (Å²) in [5, 5.41) is 4.16. The fourth-order valence-corrected chi connectivity index (χ4v) is 2.04. The molecule has 1 saturated carbocycles. The van der Waals surface area contributed by atoms with E-state index in [2.05, 4.69) is 9.84 Å². The van der Waals surface area contributed by atoms with Crippen LogP contribution >= 0.6 is 0 Å². The van der Waals surface area contributed by atoms with E-state index in [1.165, 1.54) is 7.11 Å². The summed E-state index contributed by atoms with van der Waals surface area (Å²) in [7, 11) is 3.33. The third kappa shape index (κ3) is 2.49. The SMILES string of the molecule is COC(=O)C1CC(OCc2c(C)cnn2C)C1. The molecule has 0 unspecified atom stereocenters. The monoisotopic (exact) mass is 238 g/mol. The van der Waals surface area contributed by atoms with Gasteiger partial charge in [0, 0.05) is 7.05 Å². The van der Waals surface area contributed by atoms with E-state index in [1.54, 1.807) is 0 Å². The first-order valence-corrected chi connectivity index (χ1v) is 5.78. The second-order valence-corrected chi connectivity index (χ2v) is 4.52. The van der Waals surface area contributed by atoms with Crippen molar-refractivity contribution in [1.82, 2.24) is 9.78 Å². The quantitative estimate of drug-likeness (QED) is 0.739. The molecule has 0 aromatic carbocycles. The molecule has 17 heavy (non-hydrogen) atoms. The number of rotatable bonds is 4. The van der Waals surface area contributed by atoms with Crippen LogP contribution in [0.25, 0.3) is 0 Å². The van der Waals surface area contributed by atoms with Gasteiger partial charge in [0.1, 0.15) is 0 Å². The molecule has 1 aromatic heterocycles. The van der Waals surface area contributed by atoms with E-state index in [4.69, 9.17) is 4.74 Å². The molecule has 1 heterocycles. The number of hydrogen-bond donors (Lipinski definition) is 0. The van der Waals surface area contributed by atoms with E-state index in [0.717, 1.165) is 24.1 Å². The molecule has 0 amide bonds. The molecule has 0 N–H and O–H groups in total. The van der Waals surface area contributed by atoms with Gasteiger partial charge in [-0.2, -0.15) is 5.10 Å². The van der Waals surface area contributed by atoms with Gasteiger partial charge in [-0.15, -0.1) is 0 Å². The molecular weight excluding hydrogens is 220 g/mol. The van der Waals surface area contributed by atoms with E-state index in [-0.39, 0.29) is 18.0 Å². The molecule has 0 atom stereocenters. The second kappa shape index (κ2) is 4.87. The Balaban J connectivity index is 1.77. The lowest BCUT2D eigenvalue weighted by Crippen LogP contribution is -2.37. The number of carbonyl (C=O) groups excluding carboxylic acids is 1. The summed E-state index contributed by atoms with van der Waals surface area (Å²) in [5.41, 5.74) is 2.22. The highest BCUT2D eigenvalue weighted by Crippen LogP contribution is 2.31. The number of aromatic nitrogens is 2. The zero-order chi connectivity index (χ0) is 12.4. The molecule has 1 aliphatic rings. The second-order valence-electron chi connectivity index (χ2n) is 4.52. The van der Waals surface area contributed by atoms with Crippen molar-refractivity contribution < 1.29 is 14.3 Å². The Morgan fingerprint density at radius 2 is 2.29 bits per heavy atom. The number of carbonyl (C=O) groups is 1. The van der Waals surface area contributed by atoms with Crippen LogP contribution in [0.5, 0.6) is 0 Å². The minimum Gasteiger partial charge on any atom is -0.469 e. The van der Waals surface area contributed by atoms with Crippen LogP contribution in [0.1, 0.15) is 24.1 Å². The third-order valence-corrected chi connectivity index (χ3v) is 3.36. The lowest BCUT2D eigenvalue weighted by Gasteiger charge is -2.32. The number of methoxy groups -OCH3 is 1. The average molecular weight is 238 g/mol. The maximum absolute atomic E-state index is 11.2. The summed E-state index contributed by atoms with van der Waals surface area (Å²) in [6.07, 6.45) is 3.54. The van der Waals surface area contributed by atoms with Crippen LogP contribution in [0.15, 0.2) is 6.20 Å². The highest BCUT2D eigenvalue weighted by molar-refractivity contribution is 5.73. The number of hydrogen-bond acceptors (Lipinski definition) is 4. The normalized spacial score (nSPS) is 23.2. The Morgan fingerprint density at radius 1 is 1.59 bits per heavy atom. The largest absolute Gasteiger partial charge is 0.469 e. The number of aryl methyl sites for hydroxylation is 2. The van der Waals surface area contributed by atoms with Gasteiger partial charge >= 0.3 is 5.97 Å². The minimum absolute atomic E-state index is 0.0256. The first-order chi connectivity index (χ1) is 8.11. The smallest absolute Gasteiger partial charge is 0.308 e. The molecule has 5 nitrogen and oxygen atoms in total. The van der Waals surface area contributed by atoms with E-state index < -0.39 is 0 Å². The Bertz CT molecular complexity index is 388. The number of esters is 1. The van der Waals surface area contributed by atoms with Gasteiger partial charge < -0.3 is 9.47 Å². The maximum Gasteiger partial charge on any atom is 0.308 e. The first kappa shape index (κ1) is 12.1. The van der Waals surface area contributed by atoms with E-state index in [0.29, 0.717) is 6.61 Å². The first-order valence-electron chi connectivity index (χ1n) is 5.78. The Kier molecular flexibility index (Phi) is 3.47. The molecular formula is C12H18N2O3. The van der Waals surface area contributed by atoms with Crippen molar-refractivity contribution in [3.8, 4) is 0 Å². The van der Waals surface area contributed by atoms with Gasteiger partial charge in [0.25, 0.3) is 0 Å². The molecule has 1 aromatic rings. The molecule has 0 aliphatic heterocycles. The highest BCUT2D eigenvalue weighted by atomic mass is 16.5. The summed E-state index contributed by atoms with van der Waals surface area (Å²) in [6, 6.07) is 0. The zero-order valence-electron chi connectivity index (χ0n) is 10.5. The van der Waals surface area contributed by atoms with E-state index >= 15 is 0 Å². The minimum atomic E-state index is -0.124. The molecule has 0 radical (unpaired) electrons. The van der Waals surface area contributed by atoms with Crippen molar-refractivity contribution in [2.24, 2.45) is 13.0 Å². The maximum atomic E-state index is 11.2. The number of ether oxygens (including phenoxy) is 2. The molecule has 0 spiro atoms. The fourth-order valence-electron chi connectivity index (χ4n) is 2.04. The van der Waals surface area contributed by atoms with Gasteiger partial charge in [0.2, 0.25) is 0 Å². The van der Waals surface area contributed by atoms with Crippen molar-refractivity contribution in [3.05, 3.63) is 17.5 Å². The standard InChI is InChI=1S/C12H18N2O3/c1-8-6-13-14(2)11(8)7-17-10-4-9(5-10)12(15)16-3/h6,9-10H,4-5,7H2,1-3H3. The van der Waals surface area contributed by atoms with Gasteiger partial charge in [-0.05, 0) is 25.3 Å². The van der Waals surface area contributed by atoms with Crippen LogP contribution in [0.4, 0.5) is 0 Å². The Hall–Kier alpha value is -1.36. The Morgan fingerprint density at radius 3 is 2.82 bits per heavy atom. The topological polar surface area (TPSA) is 53.4 Å². The van der Waals surface area contributed by atoms with Crippen molar-refractivity contribution in [2.45, 2.75) is 32.5 Å². The molecule has 2 rings (SSSR count). The predicted octanol–water partition coefficient (Wildman–Crippen LogP) is 1.20. The van der Waals surface area contributed by atoms with Crippen LogP contribution < -0.4 is 0 Å². The summed E-state index contributed by atoms with van der Waals surface area (Å²) in [5.74, 6) is -0.0980.